The molecular weight excluding hydrogens is 445 g/mol. The number of carboxylic acids is 1. The molecule has 2 saturated heterocycles. The summed E-state index contributed by atoms with van der Waals surface area (Å²) in [6.07, 6.45) is -0.863. The second kappa shape index (κ2) is 5.72. The van der Waals surface area contributed by atoms with Gasteiger partial charge in [0.15, 0.2) is 27.3 Å². The Kier molecular flexibility index (Phi) is 3.86. The van der Waals surface area contributed by atoms with Crippen LogP contribution in [0.2, 0.25) is 0 Å². The number of nitrogen functional groups attached to an aromatic ring is 1. The van der Waals surface area contributed by atoms with Crippen LogP contribution in [0.4, 0.5) is 5.82 Å². The number of halogens is 1. The van der Waals surface area contributed by atoms with Crippen molar-refractivity contribution in [1.29, 1.82) is 0 Å². The molecule has 3 N–H and O–H groups in total. The lowest BCUT2D eigenvalue weighted by molar-refractivity contribution is -0.198. The van der Waals surface area contributed by atoms with Gasteiger partial charge in [-0.1, -0.05) is 0 Å². The Labute approximate surface area is 155 Å². The highest BCUT2D eigenvalue weighted by atomic mass is 127. The number of hydrogen-bond donors (Lipinski definition) is 2. The molecule has 4 unspecified atom stereocenters. The molecule has 0 saturated carbocycles. The summed E-state index contributed by atoms with van der Waals surface area (Å²) in [7, 11) is 0. The molecule has 0 aromatic carbocycles. The summed E-state index contributed by atoms with van der Waals surface area (Å²) in [6.45, 7) is 3.57. The maximum atomic E-state index is 11.2. The van der Waals surface area contributed by atoms with Gasteiger partial charge in [-0.15, -0.1) is 0 Å². The molecule has 25 heavy (non-hydrogen) atoms. The van der Waals surface area contributed by atoms with Gasteiger partial charge in [-0.05, 0) is 13.8 Å². The molecule has 0 spiro atoms. The van der Waals surface area contributed by atoms with Crippen LogP contribution in [0.15, 0.2) is 6.33 Å². The summed E-state index contributed by atoms with van der Waals surface area (Å²) in [5, 5.41) is 9.15. The van der Waals surface area contributed by atoms with Crippen LogP contribution in [0.3, 0.4) is 0 Å². The molecule has 2 aliphatic rings. The van der Waals surface area contributed by atoms with E-state index in [0.717, 1.165) is 0 Å². The molecule has 4 atom stereocenters. The SMILES string of the molecule is CC1(C)OC2C(CC(=O)O)OC(n3cnc4c(N)nc(I)nc43)C2O1. The Morgan fingerprint density at radius 2 is 2.12 bits per heavy atom. The second-order valence-corrected chi connectivity index (χ2v) is 7.39. The normalized spacial score (nSPS) is 30.7. The van der Waals surface area contributed by atoms with Gasteiger partial charge in [0, 0.05) is 22.6 Å². The van der Waals surface area contributed by atoms with E-state index in [-0.39, 0.29) is 12.2 Å². The third kappa shape index (κ3) is 2.84. The van der Waals surface area contributed by atoms with Crippen LogP contribution in [0, 0.1) is 3.83 Å². The van der Waals surface area contributed by atoms with E-state index in [1.807, 2.05) is 22.6 Å². The third-order valence-electron chi connectivity index (χ3n) is 4.20. The van der Waals surface area contributed by atoms with Crippen molar-refractivity contribution in [3.8, 4) is 0 Å². The predicted molar refractivity (Wildman–Crippen MR) is 92.4 cm³/mol. The predicted octanol–water partition coefficient (Wildman–Crippen LogP) is 0.905. The monoisotopic (exact) mass is 461 g/mol. The molecule has 4 rings (SSSR count). The van der Waals surface area contributed by atoms with E-state index in [9.17, 15) is 4.79 Å². The van der Waals surface area contributed by atoms with Gasteiger partial charge >= 0.3 is 5.97 Å². The van der Waals surface area contributed by atoms with Crippen LogP contribution >= 0.6 is 22.6 Å². The van der Waals surface area contributed by atoms with Crippen LogP contribution in [-0.2, 0) is 19.0 Å². The van der Waals surface area contributed by atoms with Crippen molar-refractivity contribution in [2.75, 3.05) is 5.73 Å². The largest absolute Gasteiger partial charge is 0.481 e. The van der Waals surface area contributed by atoms with E-state index in [4.69, 9.17) is 25.1 Å². The summed E-state index contributed by atoms with van der Waals surface area (Å²) < 4.78 is 20.0. The van der Waals surface area contributed by atoms with Crippen molar-refractivity contribution >= 4 is 45.5 Å². The van der Waals surface area contributed by atoms with E-state index >= 15 is 0 Å². The number of aromatic nitrogens is 4. The number of rotatable bonds is 3. The molecule has 2 aromatic heterocycles. The van der Waals surface area contributed by atoms with E-state index in [0.29, 0.717) is 15.0 Å². The summed E-state index contributed by atoms with van der Waals surface area (Å²) >= 11 is 1.97. The number of nitrogens with zero attached hydrogens (tertiary/aromatic N) is 4. The first-order valence-electron chi connectivity index (χ1n) is 7.63. The molecule has 2 aromatic rings. The van der Waals surface area contributed by atoms with Gasteiger partial charge in [0.2, 0.25) is 0 Å². The maximum Gasteiger partial charge on any atom is 0.306 e. The quantitative estimate of drug-likeness (QED) is 0.505. The molecule has 4 heterocycles. The van der Waals surface area contributed by atoms with Gasteiger partial charge < -0.3 is 25.1 Å². The molecule has 2 fully saturated rings. The summed E-state index contributed by atoms with van der Waals surface area (Å²) in [5.74, 6) is -1.52. The fraction of sp³-hybridized carbons (Fsp3) is 0.571. The summed E-state index contributed by atoms with van der Waals surface area (Å²) in [6, 6.07) is 0. The third-order valence-corrected chi connectivity index (χ3v) is 4.68. The Hall–Kier alpha value is -1.57. The van der Waals surface area contributed by atoms with Crippen molar-refractivity contribution < 1.29 is 24.1 Å². The number of fused-ring (bicyclic) bond motifs is 2. The van der Waals surface area contributed by atoms with Gasteiger partial charge in [-0.2, -0.15) is 0 Å². The molecule has 0 aliphatic carbocycles. The van der Waals surface area contributed by atoms with Gasteiger partial charge in [0.25, 0.3) is 0 Å². The Morgan fingerprint density at radius 1 is 1.40 bits per heavy atom. The number of anilines is 1. The van der Waals surface area contributed by atoms with Crippen LogP contribution in [-0.4, -0.2) is 54.7 Å². The minimum atomic E-state index is -0.964. The molecular formula is C14H16IN5O5. The fourth-order valence-corrected chi connectivity index (χ4v) is 3.80. The van der Waals surface area contributed by atoms with Gasteiger partial charge in [-0.3, -0.25) is 9.36 Å². The van der Waals surface area contributed by atoms with Crippen LogP contribution in [0.1, 0.15) is 26.5 Å². The lowest BCUT2D eigenvalue weighted by atomic mass is 10.1. The number of carboxylic acid groups (broad SMARTS) is 1. The zero-order chi connectivity index (χ0) is 17.9. The lowest BCUT2D eigenvalue weighted by Gasteiger charge is -2.24. The van der Waals surface area contributed by atoms with Crippen LogP contribution < -0.4 is 5.73 Å². The second-order valence-electron chi connectivity index (χ2n) is 6.43. The molecule has 0 radical (unpaired) electrons. The zero-order valence-corrected chi connectivity index (χ0v) is 15.6. The standard InChI is InChI=1S/C14H16IN5O5/c1-14(2)24-8-5(3-6(21)22)23-12(9(8)25-14)20-4-17-7-10(16)18-13(15)19-11(7)20/h4-5,8-9,12H,3H2,1-2H3,(H,21,22)(H2,16,18,19). The highest BCUT2D eigenvalue weighted by Gasteiger charge is 2.56. The summed E-state index contributed by atoms with van der Waals surface area (Å²) in [5.41, 5.74) is 6.87. The molecule has 134 valence electrons. The molecule has 0 amide bonds. The van der Waals surface area contributed by atoms with Crippen molar-refractivity contribution in [1.82, 2.24) is 19.5 Å². The Bertz CT molecular complexity index is 855. The van der Waals surface area contributed by atoms with E-state index in [2.05, 4.69) is 15.0 Å². The number of aliphatic carboxylic acids is 1. The smallest absolute Gasteiger partial charge is 0.306 e. The average molecular weight is 461 g/mol. The van der Waals surface area contributed by atoms with Gasteiger partial charge in [0.05, 0.1) is 18.9 Å². The van der Waals surface area contributed by atoms with E-state index in [1.54, 1.807) is 24.7 Å². The van der Waals surface area contributed by atoms with Crippen molar-refractivity contribution in [2.24, 2.45) is 0 Å². The molecule has 10 nitrogen and oxygen atoms in total. The fourth-order valence-electron chi connectivity index (χ4n) is 3.32. The van der Waals surface area contributed by atoms with Crippen LogP contribution in [0.25, 0.3) is 11.2 Å². The number of nitrogens with two attached hydrogens (primary N) is 1. The lowest BCUT2D eigenvalue weighted by Crippen LogP contribution is -2.31. The van der Waals surface area contributed by atoms with Crippen molar-refractivity contribution in [3.63, 3.8) is 0 Å². The average Bonchev–Trinajstić information content (AvgIpc) is 3.11. The molecule has 11 heteroatoms. The van der Waals surface area contributed by atoms with Crippen molar-refractivity contribution in [2.45, 2.75) is 50.6 Å². The Balaban J connectivity index is 1.76. The first-order valence-corrected chi connectivity index (χ1v) is 8.71. The van der Waals surface area contributed by atoms with Gasteiger partial charge in [0.1, 0.15) is 17.7 Å². The van der Waals surface area contributed by atoms with E-state index in [1.165, 1.54) is 0 Å². The van der Waals surface area contributed by atoms with Crippen molar-refractivity contribution in [3.05, 3.63) is 10.2 Å². The van der Waals surface area contributed by atoms with E-state index < -0.39 is 36.3 Å². The highest BCUT2D eigenvalue weighted by Crippen LogP contribution is 2.44. The first-order chi connectivity index (χ1) is 11.7. The zero-order valence-electron chi connectivity index (χ0n) is 13.4. The number of imidazole rings is 1. The minimum absolute atomic E-state index is 0.182. The molecule has 0 bridgehead atoms. The first kappa shape index (κ1) is 16.9. The molecule has 2 aliphatic heterocycles. The van der Waals surface area contributed by atoms with Crippen LogP contribution in [0.5, 0.6) is 0 Å². The highest BCUT2D eigenvalue weighted by molar-refractivity contribution is 14.1. The number of ether oxygens (including phenoxy) is 3. The number of carbonyl (C=O) groups is 1. The Morgan fingerprint density at radius 3 is 2.84 bits per heavy atom. The minimum Gasteiger partial charge on any atom is -0.481 e. The number of hydrogen-bond acceptors (Lipinski definition) is 8. The maximum absolute atomic E-state index is 11.2. The summed E-state index contributed by atoms with van der Waals surface area (Å²) in [4.78, 5) is 23.9. The topological polar surface area (TPSA) is 135 Å². The van der Waals surface area contributed by atoms with Gasteiger partial charge in [-0.25, -0.2) is 15.0 Å².